The summed E-state index contributed by atoms with van der Waals surface area (Å²) < 4.78 is 30.4. The van der Waals surface area contributed by atoms with E-state index in [4.69, 9.17) is 23.4 Å². The summed E-state index contributed by atoms with van der Waals surface area (Å²) in [5, 5.41) is 11.4. The van der Waals surface area contributed by atoms with Crippen molar-refractivity contribution < 1.29 is 33.1 Å². The van der Waals surface area contributed by atoms with Gasteiger partial charge in [-0.1, -0.05) is 27.3 Å². The SMILES string of the molecule is CCOC(=O)C1=C(C)N=c2s/c(=C/c3ccc(-c4cc([N+](=O)[O-])ccc4OC)o3)c(=O)n2[C@@H]1c1cc(OC)c(OCC)cc1Br. The van der Waals surface area contributed by atoms with Crippen LogP contribution in [0.25, 0.3) is 17.4 Å². The molecule has 1 aliphatic rings. The maximum atomic E-state index is 14.1. The third-order valence-electron chi connectivity index (χ3n) is 6.95. The molecule has 0 aliphatic carbocycles. The van der Waals surface area contributed by atoms with Gasteiger partial charge in [-0.15, -0.1) is 0 Å². The number of carbonyl (C=O) groups excluding carboxylic acids is 1. The predicted molar refractivity (Wildman–Crippen MR) is 170 cm³/mol. The molecule has 45 heavy (non-hydrogen) atoms. The molecule has 4 aromatic rings. The van der Waals surface area contributed by atoms with E-state index >= 15 is 0 Å². The van der Waals surface area contributed by atoms with Crippen LogP contribution in [0.15, 0.2) is 72.4 Å². The van der Waals surface area contributed by atoms with Gasteiger partial charge in [0.05, 0.1) is 59.8 Å². The third-order valence-corrected chi connectivity index (χ3v) is 8.62. The van der Waals surface area contributed by atoms with Crippen LogP contribution in [0.1, 0.15) is 38.1 Å². The molecule has 0 saturated heterocycles. The van der Waals surface area contributed by atoms with Gasteiger partial charge in [-0.25, -0.2) is 9.79 Å². The van der Waals surface area contributed by atoms with Crippen molar-refractivity contribution in [1.82, 2.24) is 4.57 Å². The lowest BCUT2D eigenvalue weighted by atomic mass is 9.95. The number of benzene rings is 2. The van der Waals surface area contributed by atoms with Crippen LogP contribution in [0.5, 0.6) is 17.2 Å². The predicted octanol–water partition coefficient (Wildman–Crippen LogP) is 5.14. The number of furan rings is 1. The number of esters is 1. The smallest absolute Gasteiger partial charge is 0.338 e. The zero-order valence-corrected chi connectivity index (χ0v) is 27.3. The Bertz CT molecular complexity index is 2030. The van der Waals surface area contributed by atoms with Crippen molar-refractivity contribution in [2.45, 2.75) is 26.8 Å². The van der Waals surface area contributed by atoms with E-state index in [1.54, 1.807) is 44.2 Å². The summed E-state index contributed by atoms with van der Waals surface area (Å²) >= 11 is 4.74. The van der Waals surface area contributed by atoms with Crippen molar-refractivity contribution in [2.75, 3.05) is 27.4 Å². The number of carbonyl (C=O) groups is 1. The Morgan fingerprint density at radius 3 is 2.53 bits per heavy atom. The van der Waals surface area contributed by atoms with Crippen molar-refractivity contribution in [3.63, 3.8) is 0 Å². The molecule has 12 nitrogen and oxygen atoms in total. The van der Waals surface area contributed by atoms with Crippen molar-refractivity contribution in [3.05, 3.63) is 99.3 Å². The molecule has 14 heteroatoms. The molecule has 2 aromatic carbocycles. The molecule has 2 aromatic heterocycles. The van der Waals surface area contributed by atoms with Crippen molar-refractivity contribution in [2.24, 2.45) is 4.99 Å². The van der Waals surface area contributed by atoms with E-state index in [1.165, 1.54) is 37.0 Å². The Morgan fingerprint density at radius 1 is 1.11 bits per heavy atom. The highest BCUT2D eigenvalue weighted by atomic mass is 79.9. The Hall–Kier alpha value is -4.69. The first-order valence-corrected chi connectivity index (χ1v) is 15.3. The van der Waals surface area contributed by atoms with Crippen LogP contribution < -0.4 is 29.1 Å². The molecule has 0 bridgehead atoms. The minimum atomic E-state index is -0.900. The van der Waals surface area contributed by atoms with E-state index in [2.05, 4.69) is 20.9 Å². The van der Waals surface area contributed by atoms with Crippen LogP contribution in [0.3, 0.4) is 0 Å². The molecule has 1 aliphatic heterocycles. The first-order valence-electron chi connectivity index (χ1n) is 13.7. The minimum Gasteiger partial charge on any atom is -0.496 e. The highest BCUT2D eigenvalue weighted by Crippen LogP contribution is 2.41. The summed E-state index contributed by atoms with van der Waals surface area (Å²) in [6, 6.07) is 10.0. The standard InChI is InChI=1S/C31H28BrN3O9S/c1-6-42-25-15-21(32)19(14-24(25)41-5)28-27(30(37)43-7-2)16(3)33-31-34(28)29(36)26(45-31)13-18-9-11-23(44-18)20-12-17(35(38)39)8-10-22(20)40-4/h8-15,28H,6-7H2,1-5H3/b26-13+/t28-/m1/s1. The summed E-state index contributed by atoms with van der Waals surface area (Å²) in [6.45, 7) is 5.80. The van der Waals surface area contributed by atoms with E-state index in [-0.39, 0.29) is 22.4 Å². The van der Waals surface area contributed by atoms with Gasteiger partial charge in [0.1, 0.15) is 17.3 Å². The molecule has 234 valence electrons. The fraction of sp³-hybridized carbons (Fsp3) is 0.258. The van der Waals surface area contributed by atoms with Crippen LogP contribution in [0.2, 0.25) is 0 Å². The van der Waals surface area contributed by atoms with Crippen LogP contribution in [0.4, 0.5) is 5.69 Å². The molecular weight excluding hydrogens is 670 g/mol. The normalized spacial score (nSPS) is 14.5. The van der Waals surface area contributed by atoms with Gasteiger partial charge in [0, 0.05) is 22.7 Å². The van der Waals surface area contributed by atoms with Gasteiger partial charge in [0.25, 0.3) is 11.2 Å². The maximum Gasteiger partial charge on any atom is 0.338 e. The van der Waals surface area contributed by atoms with E-state index in [0.29, 0.717) is 61.5 Å². The van der Waals surface area contributed by atoms with Crippen molar-refractivity contribution in [3.8, 4) is 28.6 Å². The van der Waals surface area contributed by atoms with E-state index in [0.717, 1.165) is 11.3 Å². The highest BCUT2D eigenvalue weighted by molar-refractivity contribution is 9.10. The second-order valence-electron chi connectivity index (χ2n) is 9.60. The Balaban J connectivity index is 1.67. The lowest BCUT2D eigenvalue weighted by molar-refractivity contribution is -0.384. The summed E-state index contributed by atoms with van der Waals surface area (Å²) in [4.78, 5) is 43.2. The van der Waals surface area contributed by atoms with E-state index in [1.807, 2.05) is 6.92 Å². The fourth-order valence-electron chi connectivity index (χ4n) is 4.98. The summed E-state index contributed by atoms with van der Waals surface area (Å²) in [5.41, 5.74) is 1.03. The third kappa shape index (κ3) is 6.02. The summed E-state index contributed by atoms with van der Waals surface area (Å²) in [7, 11) is 2.96. The number of hydrogen-bond donors (Lipinski definition) is 0. The van der Waals surface area contributed by atoms with Gasteiger partial charge in [-0.3, -0.25) is 19.5 Å². The van der Waals surface area contributed by atoms with Crippen LogP contribution in [0, 0.1) is 10.1 Å². The average Bonchev–Trinajstić information content (AvgIpc) is 3.60. The zero-order valence-electron chi connectivity index (χ0n) is 24.9. The number of fused-ring (bicyclic) bond motifs is 1. The molecule has 0 amide bonds. The zero-order chi connectivity index (χ0) is 32.4. The number of allylic oxidation sites excluding steroid dienone is 1. The Morgan fingerprint density at radius 2 is 1.87 bits per heavy atom. The number of non-ortho nitro benzene ring substituents is 1. The van der Waals surface area contributed by atoms with Crippen molar-refractivity contribution >= 4 is 45.0 Å². The van der Waals surface area contributed by atoms with Gasteiger partial charge in [0.15, 0.2) is 16.3 Å². The van der Waals surface area contributed by atoms with E-state index < -0.39 is 22.5 Å². The number of nitrogens with zero attached hydrogens (tertiary/aromatic N) is 3. The summed E-state index contributed by atoms with van der Waals surface area (Å²) in [5.74, 6) is 1.35. The Kier molecular flexibility index (Phi) is 9.25. The number of nitro benzene ring substituents is 1. The Labute approximate surface area is 269 Å². The number of ether oxygens (including phenoxy) is 4. The first-order chi connectivity index (χ1) is 21.6. The number of aromatic nitrogens is 1. The molecule has 0 unspecified atom stereocenters. The molecule has 0 saturated carbocycles. The molecule has 3 heterocycles. The number of nitro groups is 1. The van der Waals surface area contributed by atoms with Gasteiger partial charge >= 0.3 is 5.97 Å². The maximum absolute atomic E-state index is 14.1. The van der Waals surface area contributed by atoms with Crippen LogP contribution in [-0.2, 0) is 9.53 Å². The lowest BCUT2D eigenvalue weighted by Gasteiger charge is -2.26. The van der Waals surface area contributed by atoms with Gasteiger partial charge in [-0.2, -0.15) is 0 Å². The van der Waals surface area contributed by atoms with Gasteiger partial charge in [-0.05, 0) is 56.7 Å². The van der Waals surface area contributed by atoms with Gasteiger partial charge in [0.2, 0.25) is 0 Å². The fourth-order valence-corrected chi connectivity index (χ4v) is 6.55. The second-order valence-corrected chi connectivity index (χ2v) is 11.5. The first kappa shape index (κ1) is 31.7. The topological polar surface area (TPSA) is 145 Å². The molecule has 0 radical (unpaired) electrons. The second kappa shape index (κ2) is 13.1. The number of halogens is 1. The number of thiazole rings is 1. The number of rotatable bonds is 10. The highest BCUT2D eigenvalue weighted by Gasteiger charge is 2.35. The molecule has 0 N–H and O–H groups in total. The van der Waals surface area contributed by atoms with Crippen LogP contribution >= 0.6 is 27.3 Å². The lowest BCUT2D eigenvalue weighted by Crippen LogP contribution is -2.40. The summed E-state index contributed by atoms with van der Waals surface area (Å²) in [6.07, 6.45) is 1.56. The monoisotopic (exact) mass is 697 g/mol. The number of methoxy groups -OCH3 is 2. The molecular formula is C31H28BrN3O9S. The largest absolute Gasteiger partial charge is 0.496 e. The molecule has 0 spiro atoms. The van der Waals surface area contributed by atoms with Gasteiger partial charge < -0.3 is 23.4 Å². The number of hydrogen-bond acceptors (Lipinski definition) is 11. The molecule has 5 rings (SSSR count). The minimum absolute atomic E-state index is 0.123. The van der Waals surface area contributed by atoms with Crippen molar-refractivity contribution in [1.29, 1.82) is 0 Å². The van der Waals surface area contributed by atoms with E-state index in [9.17, 15) is 19.7 Å². The average molecular weight is 699 g/mol. The molecule has 1 atom stereocenters. The van der Waals surface area contributed by atoms with Crippen LogP contribution in [-0.4, -0.2) is 42.9 Å². The molecule has 0 fully saturated rings. The quantitative estimate of drug-likeness (QED) is 0.125.